The van der Waals surface area contributed by atoms with Crippen molar-refractivity contribution in [2.75, 3.05) is 5.32 Å². The Kier molecular flexibility index (Phi) is 3.90. The average molecular weight is 309 g/mol. The highest BCUT2D eigenvalue weighted by atomic mass is 16.4. The second-order valence-electron chi connectivity index (χ2n) is 6.09. The Labute approximate surface area is 135 Å². The number of carbonyl (C=O) groups is 2. The molecule has 4 nitrogen and oxygen atoms in total. The summed E-state index contributed by atoms with van der Waals surface area (Å²) in [6, 6.07) is 16.8. The van der Waals surface area contributed by atoms with Gasteiger partial charge >= 0.3 is 5.97 Å². The van der Waals surface area contributed by atoms with Gasteiger partial charge in [0.2, 0.25) is 5.91 Å². The molecule has 0 heterocycles. The first-order chi connectivity index (χ1) is 11.0. The van der Waals surface area contributed by atoms with E-state index >= 15 is 0 Å². The molecular weight excluding hydrogens is 290 g/mol. The van der Waals surface area contributed by atoms with Gasteiger partial charge in [0.05, 0.1) is 11.3 Å². The molecule has 2 aromatic carbocycles. The fraction of sp³-hybridized carbons (Fsp3) is 0.263. The average Bonchev–Trinajstić information content (AvgIpc) is 3.37. The largest absolute Gasteiger partial charge is 0.481 e. The van der Waals surface area contributed by atoms with E-state index in [0.29, 0.717) is 11.3 Å². The number of carboxylic acids is 1. The van der Waals surface area contributed by atoms with Crippen molar-refractivity contribution in [3.8, 4) is 0 Å². The Bertz CT molecular complexity index is 735. The van der Waals surface area contributed by atoms with Gasteiger partial charge in [-0.3, -0.25) is 9.59 Å². The molecule has 0 spiro atoms. The Morgan fingerprint density at radius 3 is 2.39 bits per heavy atom. The molecule has 2 N–H and O–H groups in total. The predicted molar refractivity (Wildman–Crippen MR) is 88.5 cm³/mol. The highest BCUT2D eigenvalue weighted by Crippen LogP contribution is 2.48. The van der Waals surface area contributed by atoms with Crippen LogP contribution in [0.5, 0.6) is 0 Å². The Morgan fingerprint density at radius 2 is 1.78 bits per heavy atom. The third-order valence-corrected chi connectivity index (χ3v) is 4.53. The minimum absolute atomic E-state index is 0.0242. The number of aliphatic carboxylic acids is 1. The smallest absolute Gasteiger partial charge is 0.310 e. The summed E-state index contributed by atoms with van der Waals surface area (Å²) in [6.45, 7) is 1.63. The van der Waals surface area contributed by atoms with E-state index in [-0.39, 0.29) is 5.91 Å². The van der Waals surface area contributed by atoms with Gasteiger partial charge in [-0.1, -0.05) is 42.5 Å². The van der Waals surface area contributed by atoms with E-state index in [4.69, 9.17) is 5.11 Å². The number of hydrogen-bond donors (Lipinski definition) is 2. The van der Waals surface area contributed by atoms with E-state index in [1.807, 2.05) is 30.3 Å². The number of nitrogens with one attached hydrogen (secondary N) is 1. The van der Waals surface area contributed by atoms with Crippen LogP contribution in [0.3, 0.4) is 0 Å². The summed E-state index contributed by atoms with van der Waals surface area (Å²) in [4.78, 5) is 23.8. The molecule has 1 amide bonds. The number of hydrogen-bond acceptors (Lipinski definition) is 2. The van der Waals surface area contributed by atoms with Crippen molar-refractivity contribution in [3.63, 3.8) is 0 Å². The Morgan fingerprint density at radius 1 is 1.09 bits per heavy atom. The Hall–Kier alpha value is -2.62. The van der Waals surface area contributed by atoms with Crippen LogP contribution in [0.15, 0.2) is 54.6 Å². The van der Waals surface area contributed by atoms with Gasteiger partial charge in [-0.05, 0) is 43.0 Å². The molecule has 118 valence electrons. The SMILES string of the molecule is CC(C(=O)O)c1cccc(NC(=O)C2(c3ccccc3)CC2)c1. The van der Waals surface area contributed by atoms with E-state index in [9.17, 15) is 9.59 Å². The fourth-order valence-corrected chi connectivity index (χ4v) is 2.81. The normalized spacial score (nSPS) is 16.4. The predicted octanol–water partition coefficient (Wildman–Crippen LogP) is 3.55. The molecule has 1 aliphatic carbocycles. The maximum atomic E-state index is 12.7. The molecule has 0 radical (unpaired) electrons. The third-order valence-electron chi connectivity index (χ3n) is 4.53. The van der Waals surface area contributed by atoms with Crippen LogP contribution in [0.4, 0.5) is 5.69 Å². The Balaban J connectivity index is 1.79. The molecule has 1 fully saturated rings. The first kappa shape index (κ1) is 15.3. The third kappa shape index (κ3) is 2.97. The summed E-state index contributed by atoms with van der Waals surface area (Å²) in [5.74, 6) is -1.50. The van der Waals surface area contributed by atoms with Gasteiger partial charge in [-0.25, -0.2) is 0 Å². The van der Waals surface area contributed by atoms with Crippen LogP contribution in [0.1, 0.15) is 36.8 Å². The van der Waals surface area contributed by atoms with Crippen LogP contribution >= 0.6 is 0 Å². The molecule has 0 saturated heterocycles. The molecule has 3 rings (SSSR count). The van der Waals surface area contributed by atoms with Crippen molar-refractivity contribution in [2.24, 2.45) is 0 Å². The molecule has 1 atom stereocenters. The monoisotopic (exact) mass is 309 g/mol. The maximum Gasteiger partial charge on any atom is 0.310 e. The van der Waals surface area contributed by atoms with Crippen molar-refractivity contribution >= 4 is 17.6 Å². The van der Waals surface area contributed by atoms with Gasteiger partial charge in [-0.15, -0.1) is 0 Å². The second kappa shape index (κ2) is 5.88. The number of anilines is 1. The lowest BCUT2D eigenvalue weighted by Gasteiger charge is -2.16. The van der Waals surface area contributed by atoms with Crippen molar-refractivity contribution in [3.05, 3.63) is 65.7 Å². The van der Waals surface area contributed by atoms with Crippen molar-refractivity contribution in [1.29, 1.82) is 0 Å². The van der Waals surface area contributed by atoms with E-state index < -0.39 is 17.3 Å². The summed E-state index contributed by atoms with van der Waals surface area (Å²) in [5.41, 5.74) is 1.92. The molecule has 4 heteroatoms. The lowest BCUT2D eigenvalue weighted by molar-refractivity contribution is -0.138. The number of amides is 1. The number of carbonyl (C=O) groups excluding carboxylic acids is 1. The van der Waals surface area contributed by atoms with Gasteiger partial charge in [-0.2, -0.15) is 0 Å². The van der Waals surface area contributed by atoms with E-state index in [2.05, 4.69) is 5.32 Å². The summed E-state index contributed by atoms with van der Waals surface area (Å²) >= 11 is 0. The quantitative estimate of drug-likeness (QED) is 0.887. The van der Waals surface area contributed by atoms with Gasteiger partial charge in [0.15, 0.2) is 0 Å². The number of rotatable bonds is 5. The van der Waals surface area contributed by atoms with Crippen molar-refractivity contribution in [1.82, 2.24) is 0 Å². The van der Waals surface area contributed by atoms with Crippen LogP contribution in [0.2, 0.25) is 0 Å². The molecule has 0 bridgehead atoms. The zero-order valence-electron chi connectivity index (χ0n) is 13.0. The summed E-state index contributed by atoms with van der Waals surface area (Å²) in [7, 11) is 0. The van der Waals surface area contributed by atoms with E-state index in [1.54, 1.807) is 31.2 Å². The fourth-order valence-electron chi connectivity index (χ4n) is 2.81. The molecule has 1 unspecified atom stereocenters. The zero-order chi connectivity index (χ0) is 16.4. The first-order valence-electron chi connectivity index (χ1n) is 7.73. The van der Waals surface area contributed by atoms with Crippen molar-refractivity contribution < 1.29 is 14.7 Å². The molecule has 0 aromatic heterocycles. The lowest BCUT2D eigenvalue weighted by Crippen LogP contribution is -2.27. The molecule has 1 saturated carbocycles. The van der Waals surface area contributed by atoms with Gasteiger partial charge in [0.25, 0.3) is 0 Å². The minimum atomic E-state index is -0.878. The maximum absolute atomic E-state index is 12.7. The van der Waals surface area contributed by atoms with E-state index in [0.717, 1.165) is 18.4 Å². The standard InChI is InChI=1S/C19H19NO3/c1-13(17(21)22)14-6-5-9-16(12-14)20-18(23)19(10-11-19)15-7-3-2-4-8-15/h2-9,12-13H,10-11H2,1H3,(H,20,23)(H,21,22). The lowest BCUT2D eigenvalue weighted by atomic mass is 9.94. The minimum Gasteiger partial charge on any atom is -0.481 e. The number of benzene rings is 2. The summed E-state index contributed by atoms with van der Waals surface area (Å²) < 4.78 is 0. The molecule has 23 heavy (non-hydrogen) atoms. The molecule has 2 aromatic rings. The topological polar surface area (TPSA) is 66.4 Å². The second-order valence-corrected chi connectivity index (χ2v) is 6.09. The highest BCUT2D eigenvalue weighted by molar-refractivity contribution is 6.01. The first-order valence-corrected chi connectivity index (χ1v) is 7.73. The van der Waals surface area contributed by atoms with Gasteiger partial charge < -0.3 is 10.4 Å². The van der Waals surface area contributed by atoms with Crippen LogP contribution < -0.4 is 5.32 Å². The zero-order valence-corrected chi connectivity index (χ0v) is 13.0. The highest BCUT2D eigenvalue weighted by Gasteiger charge is 2.51. The summed E-state index contributed by atoms with van der Waals surface area (Å²) in [5, 5.41) is 12.1. The molecular formula is C19H19NO3. The van der Waals surface area contributed by atoms with Crippen molar-refractivity contribution in [2.45, 2.75) is 31.1 Å². The molecule has 0 aliphatic heterocycles. The van der Waals surface area contributed by atoms with Crippen LogP contribution in [0, 0.1) is 0 Å². The number of carboxylic acid groups (broad SMARTS) is 1. The van der Waals surface area contributed by atoms with Gasteiger partial charge in [0, 0.05) is 5.69 Å². The van der Waals surface area contributed by atoms with E-state index in [1.165, 1.54) is 0 Å². The molecule has 1 aliphatic rings. The van der Waals surface area contributed by atoms with Crippen LogP contribution in [0.25, 0.3) is 0 Å². The van der Waals surface area contributed by atoms with Crippen LogP contribution in [-0.4, -0.2) is 17.0 Å². The van der Waals surface area contributed by atoms with Crippen LogP contribution in [-0.2, 0) is 15.0 Å². The summed E-state index contributed by atoms with van der Waals surface area (Å²) in [6.07, 6.45) is 1.68. The van der Waals surface area contributed by atoms with Gasteiger partial charge in [0.1, 0.15) is 0 Å².